The van der Waals surface area contributed by atoms with Crippen LogP contribution in [0.15, 0.2) is 36.4 Å². The van der Waals surface area contributed by atoms with Gasteiger partial charge in [0.05, 0.1) is 5.92 Å². The molecule has 0 saturated carbocycles. The van der Waals surface area contributed by atoms with E-state index in [1.807, 2.05) is 44.2 Å². The molecule has 4 nitrogen and oxygen atoms in total. The minimum absolute atomic E-state index is 0.0373. The van der Waals surface area contributed by atoms with Crippen LogP contribution < -0.4 is 0 Å². The van der Waals surface area contributed by atoms with Gasteiger partial charge in [0.15, 0.2) is 0 Å². The van der Waals surface area contributed by atoms with Gasteiger partial charge in [0, 0.05) is 18.7 Å². The fourth-order valence-electron chi connectivity index (χ4n) is 1.76. The molecule has 0 bridgehead atoms. The van der Waals surface area contributed by atoms with Crippen LogP contribution >= 0.6 is 0 Å². The van der Waals surface area contributed by atoms with Crippen molar-refractivity contribution >= 4 is 18.0 Å². The average molecular weight is 275 g/mol. The molecule has 1 aromatic carbocycles. The predicted octanol–water partition coefficient (Wildman–Crippen LogP) is 2.66. The summed E-state index contributed by atoms with van der Waals surface area (Å²) in [5.41, 5.74) is 0.941. The topological polar surface area (TPSA) is 57.6 Å². The second-order valence-corrected chi connectivity index (χ2v) is 5.07. The maximum atomic E-state index is 12.2. The summed E-state index contributed by atoms with van der Waals surface area (Å²) in [7, 11) is 0. The van der Waals surface area contributed by atoms with E-state index in [0.29, 0.717) is 0 Å². The quantitative estimate of drug-likeness (QED) is 0.812. The molecule has 20 heavy (non-hydrogen) atoms. The molecular formula is C16H21NO3. The lowest BCUT2D eigenvalue weighted by atomic mass is 10.1. The van der Waals surface area contributed by atoms with Crippen molar-refractivity contribution in [3.63, 3.8) is 0 Å². The average Bonchev–Trinajstić information content (AvgIpc) is 2.42. The van der Waals surface area contributed by atoms with E-state index in [1.54, 1.807) is 17.9 Å². The normalized spacial score (nSPS) is 12.6. The fraction of sp³-hybridized carbons (Fsp3) is 0.375. The Balaban J connectivity index is 2.74. The number of nitrogens with zero attached hydrogens (tertiary/aromatic N) is 1. The van der Waals surface area contributed by atoms with Gasteiger partial charge in [0.2, 0.25) is 5.91 Å². The van der Waals surface area contributed by atoms with E-state index in [-0.39, 0.29) is 18.5 Å². The highest BCUT2D eigenvalue weighted by Gasteiger charge is 2.21. The Hall–Kier alpha value is -2.10. The summed E-state index contributed by atoms with van der Waals surface area (Å²) in [5, 5.41) is 8.95. The first-order valence-corrected chi connectivity index (χ1v) is 6.68. The molecule has 0 fully saturated rings. The number of carbonyl (C=O) groups is 2. The van der Waals surface area contributed by atoms with Crippen LogP contribution in [0.5, 0.6) is 0 Å². The molecule has 1 N–H and O–H groups in total. The van der Waals surface area contributed by atoms with E-state index in [9.17, 15) is 9.59 Å². The number of amides is 1. The lowest BCUT2D eigenvalue weighted by Crippen LogP contribution is -2.40. The lowest BCUT2D eigenvalue weighted by Gasteiger charge is -2.27. The number of hydrogen-bond donors (Lipinski definition) is 1. The first-order chi connectivity index (χ1) is 9.41. The minimum Gasteiger partial charge on any atom is -0.481 e. The van der Waals surface area contributed by atoms with Crippen molar-refractivity contribution in [2.45, 2.75) is 26.8 Å². The maximum Gasteiger partial charge on any atom is 0.308 e. The SMILES string of the molecule is CC(CN(C(=O)/C=C/c1ccccc1)C(C)C)C(=O)O. The summed E-state index contributed by atoms with van der Waals surface area (Å²) >= 11 is 0. The van der Waals surface area contributed by atoms with Crippen molar-refractivity contribution in [1.29, 1.82) is 0 Å². The lowest BCUT2D eigenvalue weighted by molar-refractivity contribution is -0.142. The molecule has 1 atom stereocenters. The van der Waals surface area contributed by atoms with E-state index < -0.39 is 11.9 Å². The van der Waals surface area contributed by atoms with Crippen molar-refractivity contribution in [2.24, 2.45) is 5.92 Å². The van der Waals surface area contributed by atoms with Crippen molar-refractivity contribution in [3.05, 3.63) is 42.0 Å². The van der Waals surface area contributed by atoms with Crippen LogP contribution in [0.4, 0.5) is 0 Å². The van der Waals surface area contributed by atoms with E-state index >= 15 is 0 Å². The molecule has 108 valence electrons. The van der Waals surface area contributed by atoms with Crippen LogP contribution in [0.25, 0.3) is 6.08 Å². The number of rotatable bonds is 6. The largest absolute Gasteiger partial charge is 0.481 e. The van der Waals surface area contributed by atoms with Crippen molar-refractivity contribution in [3.8, 4) is 0 Å². The molecule has 1 rings (SSSR count). The molecule has 0 radical (unpaired) electrons. The molecule has 1 aromatic rings. The molecule has 4 heteroatoms. The Morgan fingerprint density at radius 1 is 1.20 bits per heavy atom. The summed E-state index contributed by atoms with van der Waals surface area (Å²) in [6, 6.07) is 9.49. The van der Waals surface area contributed by atoms with Gasteiger partial charge in [-0.3, -0.25) is 9.59 Å². The zero-order valence-corrected chi connectivity index (χ0v) is 12.1. The number of carboxylic acids is 1. The first kappa shape index (κ1) is 16.0. The van der Waals surface area contributed by atoms with Crippen molar-refractivity contribution in [1.82, 2.24) is 4.90 Å². The van der Waals surface area contributed by atoms with E-state index in [4.69, 9.17) is 5.11 Å². The second-order valence-electron chi connectivity index (χ2n) is 5.07. The Morgan fingerprint density at radius 3 is 2.30 bits per heavy atom. The number of hydrogen-bond acceptors (Lipinski definition) is 2. The van der Waals surface area contributed by atoms with Crippen LogP contribution in [0.1, 0.15) is 26.3 Å². The van der Waals surface area contributed by atoms with Gasteiger partial charge in [0.1, 0.15) is 0 Å². The molecule has 1 amide bonds. The van der Waals surface area contributed by atoms with Crippen LogP contribution in [0.2, 0.25) is 0 Å². The Bertz CT molecular complexity index is 480. The highest BCUT2D eigenvalue weighted by atomic mass is 16.4. The summed E-state index contributed by atoms with van der Waals surface area (Å²) in [6.07, 6.45) is 3.23. The summed E-state index contributed by atoms with van der Waals surface area (Å²) in [4.78, 5) is 24.6. The monoisotopic (exact) mass is 275 g/mol. The molecule has 0 aliphatic rings. The van der Waals surface area contributed by atoms with Crippen LogP contribution in [0, 0.1) is 5.92 Å². The second kappa shape index (κ2) is 7.48. The third-order valence-corrected chi connectivity index (χ3v) is 3.02. The summed E-state index contributed by atoms with van der Waals surface area (Å²) in [6.45, 7) is 5.57. The third kappa shape index (κ3) is 4.88. The smallest absolute Gasteiger partial charge is 0.308 e. The molecule has 0 aliphatic heterocycles. The zero-order valence-electron chi connectivity index (χ0n) is 12.1. The van der Waals surface area contributed by atoms with Gasteiger partial charge >= 0.3 is 5.97 Å². The van der Waals surface area contributed by atoms with Gasteiger partial charge in [-0.25, -0.2) is 0 Å². The summed E-state index contributed by atoms with van der Waals surface area (Å²) in [5.74, 6) is -1.64. The Morgan fingerprint density at radius 2 is 1.80 bits per heavy atom. The van der Waals surface area contributed by atoms with Crippen molar-refractivity contribution in [2.75, 3.05) is 6.54 Å². The summed E-state index contributed by atoms with van der Waals surface area (Å²) < 4.78 is 0. The third-order valence-electron chi connectivity index (χ3n) is 3.02. The number of benzene rings is 1. The Kier molecular flexibility index (Phi) is 5.97. The maximum absolute atomic E-state index is 12.2. The van der Waals surface area contributed by atoms with Crippen molar-refractivity contribution < 1.29 is 14.7 Å². The van der Waals surface area contributed by atoms with Gasteiger partial charge < -0.3 is 10.0 Å². The molecule has 1 unspecified atom stereocenters. The number of carboxylic acid groups (broad SMARTS) is 1. The standard InChI is InChI=1S/C16H21NO3/c1-12(2)17(11-13(3)16(19)20)15(18)10-9-14-7-5-4-6-8-14/h4-10,12-13H,11H2,1-3H3,(H,19,20)/b10-9+. The van der Waals surface area contributed by atoms with Crippen LogP contribution in [0.3, 0.4) is 0 Å². The highest BCUT2D eigenvalue weighted by Crippen LogP contribution is 2.08. The number of aliphatic carboxylic acids is 1. The first-order valence-electron chi connectivity index (χ1n) is 6.68. The van der Waals surface area contributed by atoms with Crippen LogP contribution in [-0.4, -0.2) is 34.5 Å². The van der Waals surface area contributed by atoms with Gasteiger partial charge in [-0.1, -0.05) is 37.3 Å². The zero-order chi connectivity index (χ0) is 15.1. The Labute approximate surface area is 119 Å². The van der Waals surface area contributed by atoms with E-state index in [2.05, 4.69) is 0 Å². The minimum atomic E-state index is -0.893. The van der Waals surface area contributed by atoms with Gasteiger partial charge in [-0.2, -0.15) is 0 Å². The molecule has 0 aliphatic carbocycles. The molecule has 0 aromatic heterocycles. The van der Waals surface area contributed by atoms with E-state index in [0.717, 1.165) is 5.56 Å². The molecular weight excluding hydrogens is 254 g/mol. The molecule has 0 heterocycles. The molecule has 0 saturated heterocycles. The van der Waals surface area contributed by atoms with E-state index in [1.165, 1.54) is 6.08 Å². The molecule has 0 spiro atoms. The van der Waals surface area contributed by atoms with Gasteiger partial charge in [-0.15, -0.1) is 0 Å². The van der Waals surface area contributed by atoms with Gasteiger partial charge in [0.25, 0.3) is 0 Å². The number of carbonyl (C=O) groups excluding carboxylic acids is 1. The highest BCUT2D eigenvalue weighted by molar-refractivity contribution is 5.92. The fourth-order valence-corrected chi connectivity index (χ4v) is 1.76. The van der Waals surface area contributed by atoms with Gasteiger partial charge in [-0.05, 0) is 25.5 Å². The predicted molar refractivity (Wildman–Crippen MR) is 79.1 cm³/mol. The van der Waals surface area contributed by atoms with Crippen LogP contribution in [-0.2, 0) is 9.59 Å².